The summed E-state index contributed by atoms with van der Waals surface area (Å²) in [4.78, 5) is 2.37. The molecule has 0 aromatic rings. The third-order valence-corrected chi connectivity index (χ3v) is 2.73. The number of nitrogens with one attached hydrogen (secondary N) is 1. The largest absolute Gasteiger partial charge is 0.300 e. The van der Waals surface area contributed by atoms with Gasteiger partial charge in [-0.05, 0) is 6.92 Å². The second kappa shape index (κ2) is 5.71. The van der Waals surface area contributed by atoms with E-state index in [0.717, 1.165) is 26.2 Å². The molecule has 0 amide bonds. The number of nitrogens with zero attached hydrogens (tertiary/aromatic N) is 2. The molecule has 0 aromatic carbocycles. The van der Waals surface area contributed by atoms with Crippen molar-refractivity contribution in [3.8, 4) is 0 Å². The van der Waals surface area contributed by atoms with E-state index in [1.807, 2.05) is 12.2 Å². The van der Waals surface area contributed by atoms with Crippen LogP contribution in [0.25, 0.3) is 0 Å². The lowest BCUT2D eigenvalue weighted by Gasteiger charge is -2.17. The smallest absolute Gasteiger partial charge is 0.264 e. The Morgan fingerprint density at radius 1 is 1.53 bits per heavy atom. The van der Waals surface area contributed by atoms with Gasteiger partial charge in [-0.3, -0.25) is 9.48 Å². The van der Waals surface area contributed by atoms with E-state index in [1.165, 1.54) is 5.84 Å². The quantitative estimate of drug-likeness (QED) is 0.511. The zero-order valence-electron chi connectivity index (χ0n) is 9.87. The van der Waals surface area contributed by atoms with Crippen LogP contribution < -0.4 is 5.32 Å². The van der Waals surface area contributed by atoms with Crippen molar-refractivity contribution in [2.75, 3.05) is 33.2 Å². The van der Waals surface area contributed by atoms with Crippen LogP contribution in [0.1, 0.15) is 6.92 Å². The first kappa shape index (κ1) is 12.0. The van der Waals surface area contributed by atoms with Crippen molar-refractivity contribution in [1.29, 1.82) is 0 Å². The molecule has 0 aliphatic carbocycles. The average molecular weight is 208 g/mol. The van der Waals surface area contributed by atoms with E-state index in [9.17, 15) is 0 Å². The molecule has 1 aliphatic heterocycles. The van der Waals surface area contributed by atoms with Crippen LogP contribution in [0.4, 0.5) is 0 Å². The zero-order valence-corrected chi connectivity index (χ0v) is 9.87. The topological polar surface area (TPSA) is 18.3 Å². The van der Waals surface area contributed by atoms with Gasteiger partial charge in [0.15, 0.2) is 0 Å². The third-order valence-electron chi connectivity index (χ3n) is 2.73. The Balaban J connectivity index is 2.65. The Morgan fingerprint density at radius 2 is 2.27 bits per heavy atom. The fourth-order valence-electron chi connectivity index (χ4n) is 2.04. The number of hydrogen-bond acceptors (Lipinski definition) is 2. The van der Waals surface area contributed by atoms with Gasteiger partial charge >= 0.3 is 0 Å². The molecule has 0 fully saturated rings. The lowest BCUT2D eigenvalue weighted by molar-refractivity contribution is -0.488. The van der Waals surface area contributed by atoms with Gasteiger partial charge in [0.05, 0.1) is 7.05 Å². The van der Waals surface area contributed by atoms with E-state index in [0.29, 0.717) is 6.04 Å². The maximum Gasteiger partial charge on any atom is 0.264 e. The van der Waals surface area contributed by atoms with Crippen LogP contribution in [0.2, 0.25) is 0 Å². The molecule has 1 atom stereocenters. The van der Waals surface area contributed by atoms with Gasteiger partial charge < -0.3 is 5.32 Å². The molecule has 1 unspecified atom stereocenters. The molecule has 3 heteroatoms. The minimum Gasteiger partial charge on any atom is -0.300 e. The van der Waals surface area contributed by atoms with Gasteiger partial charge in [0, 0.05) is 6.54 Å². The predicted molar refractivity (Wildman–Crippen MR) is 65.5 cm³/mol. The van der Waals surface area contributed by atoms with Crippen molar-refractivity contribution in [2.45, 2.75) is 13.0 Å². The summed E-state index contributed by atoms with van der Waals surface area (Å²) in [6.07, 6.45) is 3.85. The predicted octanol–water partition coefficient (Wildman–Crippen LogP) is 0.693. The van der Waals surface area contributed by atoms with Crippen LogP contribution >= 0.6 is 0 Å². The van der Waals surface area contributed by atoms with Crippen molar-refractivity contribution in [2.24, 2.45) is 0 Å². The normalized spacial score (nSPS) is 18.1. The van der Waals surface area contributed by atoms with Crippen LogP contribution in [-0.2, 0) is 0 Å². The van der Waals surface area contributed by atoms with Gasteiger partial charge in [-0.1, -0.05) is 18.7 Å². The van der Waals surface area contributed by atoms with Crippen LogP contribution in [-0.4, -0.2) is 54.6 Å². The summed E-state index contributed by atoms with van der Waals surface area (Å²) in [6, 6.07) is 0.371. The van der Waals surface area contributed by atoms with Crippen molar-refractivity contribution in [3.63, 3.8) is 0 Å². The first-order chi connectivity index (χ1) is 7.20. The average Bonchev–Trinajstić information content (AvgIpc) is 2.57. The molecule has 0 aromatic heterocycles. The number of amidine groups is 1. The minimum absolute atomic E-state index is 0.371. The molecule has 1 rings (SSSR count). The Bertz CT molecular complexity index is 268. The summed E-state index contributed by atoms with van der Waals surface area (Å²) < 4.78 is 2.31. The van der Waals surface area contributed by atoms with Crippen LogP contribution in [0.5, 0.6) is 0 Å². The highest BCUT2D eigenvalue weighted by Crippen LogP contribution is 2.04. The molecule has 0 saturated heterocycles. The molecule has 15 heavy (non-hydrogen) atoms. The van der Waals surface area contributed by atoms with E-state index in [1.54, 1.807) is 0 Å². The number of hydrogen-bond donors (Lipinski definition) is 1. The second-order valence-corrected chi connectivity index (χ2v) is 3.93. The molecular formula is C12H22N3+. The molecule has 1 N–H and O–H groups in total. The highest BCUT2D eigenvalue weighted by Gasteiger charge is 2.31. The summed E-state index contributed by atoms with van der Waals surface area (Å²) in [7, 11) is 2.14. The van der Waals surface area contributed by atoms with E-state index in [2.05, 4.69) is 41.9 Å². The summed E-state index contributed by atoms with van der Waals surface area (Å²) in [5.41, 5.74) is 0. The standard InChI is InChI=1S/C12H22N3/c1-5-7-13-11(3)12-14(4)9-10-15(12)8-6-2/h5-6,11,13H,1-2,7-10H2,3-4H3/q+1. The molecule has 3 nitrogen and oxygen atoms in total. The summed E-state index contributed by atoms with van der Waals surface area (Å²) >= 11 is 0. The highest BCUT2D eigenvalue weighted by molar-refractivity contribution is 5.83. The maximum absolute atomic E-state index is 3.80. The Hall–Kier alpha value is -1.09. The van der Waals surface area contributed by atoms with Crippen molar-refractivity contribution >= 4 is 5.84 Å². The SMILES string of the molecule is C=CCNC(C)C1=[N+](C)CCN1CC=C. The van der Waals surface area contributed by atoms with Gasteiger partial charge in [-0.25, -0.2) is 0 Å². The summed E-state index contributed by atoms with van der Waals surface area (Å²) in [5, 5.41) is 3.42. The Labute approximate surface area is 92.8 Å². The van der Waals surface area contributed by atoms with Crippen molar-refractivity contribution < 1.29 is 4.58 Å². The highest BCUT2D eigenvalue weighted by atomic mass is 15.3. The third kappa shape index (κ3) is 2.93. The first-order valence-electron chi connectivity index (χ1n) is 5.48. The van der Waals surface area contributed by atoms with Crippen LogP contribution in [0.15, 0.2) is 25.3 Å². The Kier molecular flexibility index (Phi) is 4.56. The van der Waals surface area contributed by atoms with E-state index >= 15 is 0 Å². The van der Waals surface area contributed by atoms with E-state index in [4.69, 9.17) is 0 Å². The maximum atomic E-state index is 3.80. The Morgan fingerprint density at radius 3 is 2.87 bits per heavy atom. The van der Waals surface area contributed by atoms with Crippen molar-refractivity contribution in [1.82, 2.24) is 10.2 Å². The van der Waals surface area contributed by atoms with Gasteiger partial charge in [-0.15, -0.1) is 6.58 Å². The molecule has 84 valence electrons. The van der Waals surface area contributed by atoms with Crippen molar-refractivity contribution in [3.05, 3.63) is 25.3 Å². The lowest BCUT2D eigenvalue weighted by Crippen LogP contribution is -2.45. The molecular weight excluding hydrogens is 186 g/mol. The fraction of sp³-hybridized carbons (Fsp3) is 0.583. The van der Waals surface area contributed by atoms with Crippen LogP contribution in [0, 0.1) is 0 Å². The number of likely N-dealkylation sites (N-methyl/N-ethyl adjacent to an activating group) is 1. The molecule has 1 aliphatic rings. The molecule has 0 bridgehead atoms. The minimum atomic E-state index is 0.371. The lowest BCUT2D eigenvalue weighted by atomic mass is 10.2. The second-order valence-electron chi connectivity index (χ2n) is 3.93. The van der Waals surface area contributed by atoms with Gasteiger partial charge in [-0.2, -0.15) is 0 Å². The zero-order chi connectivity index (χ0) is 11.3. The van der Waals surface area contributed by atoms with E-state index in [-0.39, 0.29) is 0 Å². The molecule has 0 radical (unpaired) electrons. The van der Waals surface area contributed by atoms with Gasteiger partial charge in [0.2, 0.25) is 0 Å². The molecule has 0 spiro atoms. The first-order valence-corrected chi connectivity index (χ1v) is 5.48. The fourth-order valence-corrected chi connectivity index (χ4v) is 2.04. The van der Waals surface area contributed by atoms with Gasteiger partial charge in [0.1, 0.15) is 25.7 Å². The van der Waals surface area contributed by atoms with Gasteiger partial charge in [0.25, 0.3) is 5.84 Å². The van der Waals surface area contributed by atoms with E-state index < -0.39 is 0 Å². The monoisotopic (exact) mass is 208 g/mol. The van der Waals surface area contributed by atoms with Crippen LogP contribution in [0.3, 0.4) is 0 Å². The molecule has 1 heterocycles. The summed E-state index contributed by atoms with van der Waals surface area (Å²) in [6.45, 7) is 13.7. The molecule has 0 saturated carbocycles. The summed E-state index contributed by atoms with van der Waals surface area (Å²) in [5.74, 6) is 1.36. The number of rotatable bonds is 6.